The summed E-state index contributed by atoms with van der Waals surface area (Å²) < 4.78 is 5.58. The number of benzene rings is 2. The van der Waals surface area contributed by atoms with Gasteiger partial charge in [0.25, 0.3) is 5.91 Å². The number of hydrogen-bond acceptors (Lipinski definition) is 5. The fraction of sp³-hybridized carbons (Fsp3) is 0.0625. The van der Waals surface area contributed by atoms with Crippen LogP contribution < -0.4 is 10.1 Å². The van der Waals surface area contributed by atoms with Crippen molar-refractivity contribution in [3.63, 3.8) is 0 Å². The minimum absolute atomic E-state index is 0.238. The van der Waals surface area contributed by atoms with E-state index in [2.05, 4.69) is 15.5 Å². The Kier molecular flexibility index (Phi) is 5.75. The average Bonchev–Trinajstić information content (AvgIpc) is 3.04. The molecule has 2 aromatic carbocycles. The second-order valence-corrected chi connectivity index (χ2v) is 7.14. The number of nitrogens with zero attached hydrogens (tertiary/aromatic N) is 2. The summed E-state index contributed by atoms with van der Waals surface area (Å²) in [6.45, 7) is 0.238. The second kappa shape index (κ2) is 8.01. The van der Waals surface area contributed by atoms with Crippen LogP contribution in [-0.4, -0.2) is 16.1 Å². The molecular weight excluding hydrogens is 405 g/mol. The number of hydrogen-bond donors (Lipinski definition) is 1. The van der Waals surface area contributed by atoms with Crippen LogP contribution in [0.4, 0.5) is 5.13 Å². The van der Waals surface area contributed by atoms with E-state index in [-0.39, 0.29) is 12.5 Å². The first-order valence-corrected chi connectivity index (χ1v) is 8.93. The first-order chi connectivity index (χ1) is 12.0. The molecule has 1 aromatic heterocycles. The zero-order valence-electron chi connectivity index (χ0n) is 12.5. The molecule has 0 spiro atoms. The number of aromatic nitrogens is 2. The lowest BCUT2D eigenvalue weighted by molar-refractivity contribution is 0.102. The summed E-state index contributed by atoms with van der Waals surface area (Å²) in [5.74, 6) is 0.320. The van der Waals surface area contributed by atoms with E-state index in [0.29, 0.717) is 36.5 Å². The predicted molar refractivity (Wildman–Crippen MR) is 100 cm³/mol. The smallest absolute Gasteiger partial charge is 0.257 e. The number of halogens is 3. The van der Waals surface area contributed by atoms with Gasteiger partial charge in [0.2, 0.25) is 5.13 Å². The van der Waals surface area contributed by atoms with Crippen LogP contribution in [0.1, 0.15) is 15.4 Å². The molecule has 0 aliphatic heterocycles. The zero-order chi connectivity index (χ0) is 17.8. The van der Waals surface area contributed by atoms with Crippen molar-refractivity contribution >= 4 is 57.2 Å². The normalized spacial score (nSPS) is 10.5. The molecule has 0 fully saturated rings. The van der Waals surface area contributed by atoms with Gasteiger partial charge in [-0.25, -0.2) is 0 Å². The van der Waals surface area contributed by atoms with Gasteiger partial charge in [-0.05, 0) is 42.5 Å². The van der Waals surface area contributed by atoms with Crippen LogP contribution in [0.25, 0.3) is 0 Å². The van der Waals surface area contributed by atoms with Crippen LogP contribution in [0, 0.1) is 0 Å². The van der Waals surface area contributed by atoms with E-state index in [9.17, 15) is 4.79 Å². The Bertz CT molecular complexity index is 900. The predicted octanol–water partition coefficient (Wildman–Crippen LogP) is 5.33. The number of carbonyl (C=O) groups excluding carboxylic acids is 1. The molecule has 0 radical (unpaired) electrons. The summed E-state index contributed by atoms with van der Waals surface area (Å²) in [6.07, 6.45) is 0. The highest BCUT2D eigenvalue weighted by molar-refractivity contribution is 7.15. The first-order valence-electron chi connectivity index (χ1n) is 6.98. The molecule has 0 aliphatic carbocycles. The van der Waals surface area contributed by atoms with E-state index >= 15 is 0 Å². The number of amides is 1. The van der Waals surface area contributed by atoms with Gasteiger partial charge in [0.05, 0.1) is 10.0 Å². The van der Waals surface area contributed by atoms with Crippen LogP contribution in [0.15, 0.2) is 42.5 Å². The standard InChI is InChI=1S/C16H10Cl3N3O2S/c17-10-2-4-11(5-3-10)24-8-14-21-22-16(25-14)20-15(23)9-1-6-12(18)13(19)7-9/h1-7H,8H2,(H,20,22,23). The maximum atomic E-state index is 12.2. The van der Waals surface area contributed by atoms with Crippen molar-refractivity contribution in [3.05, 3.63) is 68.1 Å². The lowest BCUT2D eigenvalue weighted by Crippen LogP contribution is -2.11. The minimum Gasteiger partial charge on any atom is -0.486 e. The summed E-state index contributed by atoms with van der Waals surface area (Å²) >= 11 is 18.8. The van der Waals surface area contributed by atoms with Gasteiger partial charge in [0, 0.05) is 10.6 Å². The molecule has 128 valence electrons. The summed E-state index contributed by atoms with van der Waals surface area (Å²) in [7, 11) is 0. The molecule has 0 saturated heterocycles. The molecule has 0 bridgehead atoms. The number of nitrogens with one attached hydrogen (secondary N) is 1. The maximum Gasteiger partial charge on any atom is 0.257 e. The van der Waals surface area contributed by atoms with Gasteiger partial charge in [-0.3, -0.25) is 10.1 Å². The van der Waals surface area contributed by atoms with Crippen LogP contribution in [0.3, 0.4) is 0 Å². The molecule has 1 amide bonds. The quantitative estimate of drug-likeness (QED) is 0.613. The highest BCUT2D eigenvalue weighted by Gasteiger charge is 2.12. The summed E-state index contributed by atoms with van der Waals surface area (Å²) in [5, 5.41) is 12.9. The largest absolute Gasteiger partial charge is 0.486 e. The highest BCUT2D eigenvalue weighted by atomic mass is 35.5. The lowest BCUT2D eigenvalue weighted by Gasteiger charge is -2.03. The molecule has 5 nitrogen and oxygen atoms in total. The number of anilines is 1. The van der Waals surface area contributed by atoms with Crippen molar-refractivity contribution in [1.29, 1.82) is 0 Å². The minimum atomic E-state index is -0.347. The second-order valence-electron chi connectivity index (χ2n) is 4.83. The SMILES string of the molecule is O=C(Nc1nnc(COc2ccc(Cl)cc2)s1)c1ccc(Cl)c(Cl)c1. The van der Waals surface area contributed by atoms with Crippen LogP contribution in [0.5, 0.6) is 5.75 Å². The van der Waals surface area contributed by atoms with Gasteiger partial charge >= 0.3 is 0 Å². The number of rotatable bonds is 5. The van der Waals surface area contributed by atoms with Crippen LogP contribution >= 0.6 is 46.1 Å². The molecule has 0 unspecified atom stereocenters. The molecule has 0 aliphatic rings. The van der Waals surface area contributed by atoms with Crippen molar-refractivity contribution < 1.29 is 9.53 Å². The monoisotopic (exact) mass is 413 g/mol. The zero-order valence-corrected chi connectivity index (χ0v) is 15.6. The van der Waals surface area contributed by atoms with Crippen molar-refractivity contribution in [2.24, 2.45) is 0 Å². The third-order valence-electron chi connectivity index (χ3n) is 3.05. The Hall–Kier alpha value is -1.86. The summed E-state index contributed by atoms with van der Waals surface area (Å²) in [4.78, 5) is 12.2. The molecule has 9 heteroatoms. The third kappa shape index (κ3) is 4.83. The van der Waals surface area contributed by atoms with E-state index in [1.54, 1.807) is 36.4 Å². The van der Waals surface area contributed by atoms with Crippen molar-refractivity contribution in [3.8, 4) is 5.75 Å². The Labute approximate surface area is 162 Å². The Balaban J connectivity index is 1.60. The number of carbonyl (C=O) groups is 1. The van der Waals surface area contributed by atoms with Gasteiger partial charge in [-0.15, -0.1) is 10.2 Å². The maximum absolute atomic E-state index is 12.2. The van der Waals surface area contributed by atoms with Crippen LogP contribution in [0.2, 0.25) is 15.1 Å². The Morgan fingerprint density at radius 3 is 2.52 bits per heavy atom. The third-order valence-corrected chi connectivity index (χ3v) is 4.85. The molecular formula is C16H10Cl3N3O2S. The van der Waals surface area contributed by atoms with Crippen LogP contribution in [-0.2, 0) is 6.61 Å². The van der Waals surface area contributed by atoms with E-state index < -0.39 is 0 Å². The van der Waals surface area contributed by atoms with Gasteiger partial charge in [0.15, 0.2) is 5.01 Å². The Morgan fingerprint density at radius 2 is 1.80 bits per heavy atom. The molecule has 0 atom stereocenters. The van der Waals surface area contributed by atoms with Gasteiger partial charge in [-0.2, -0.15) is 0 Å². The number of ether oxygens (including phenoxy) is 1. The fourth-order valence-corrected chi connectivity index (χ4v) is 2.92. The lowest BCUT2D eigenvalue weighted by atomic mass is 10.2. The molecule has 1 N–H and O–H groups in total. The molecule has 25 heavy (non-hydrogen) atoms. The first kappa shape index (κ1) is 17.9. The van der Waals surface area contributed by atoms with Gasteiger partial charge < -0.3 is 4.74 Å². The average molecular weight is 415 g/mol. The van der Waals surface area contributed by atoms with Crippen molar-refractivity contribution in [1.82, 2.24) is 10.2 Å². The Morgan fingerprint density at radius 1 is 1.04 bits per heavy atom. The fourth-order valence-electron chi connectivity index (χ4n) is 1.84. The van der Waals surface area contributed by atoms with E-state index in [0.717, 1.165) is 0 Å². The van der Waals surface area contributed by atoms with Crippen molar-refractivity contribution in [2.75, 3.05) is 5.32 Å². The van der Waals surface area contributed by atoms with E-state index in [1.807, 2.05) is 0 Å². The molecule has 3 rings (SSSR count). The summed E-state index contributed by atoms with van der Waals surface area (Å²) in [6, 6.07) is 11.6. The molecule has 0 saturated carbocycles. The van der Waals surface area contributed by atoms with Crippen molar-refractivity contribution in [2.45, 2.75) is 6.61 Å². The van der Waals surface area contributed by atoms with E-state index in [4.69, 9.17) is 39.5 Å². The van der Waals surface area contributed by atoms with E-state index in [1.165, 1.54) is 17.4 Å². The molecule has 3 aromatic rings. The summed E-state index contributed by atoms with van der Waals surface area (Å²) in [5.41, 5.74) is 0.378. The molecule has 1 heterocycles. The topological polar surface area (TPSA) is 64.1 Å². The highest BCUT2D eigenvalue weighted by Crippen LogP contribution is 2.24. The van der Waals surface area contributed by atoms with Gasteiger partial charge in [-0.1, -0.05) is 46.1 Å². The van der Waals surface area contributed by atoms with Gasteiger partial charge in [0.1, 0.15) is 12.4 Å².